The maximum atomic E-state index is 13.6. The number of hydrogen-bond donors (Lipinski definition) is 1. The molecule has 1 aromatic rings. The molecule has 1 N–H and O–H groups in total. The zero-order valence-electron chi connectivity index (χ0n) is 12.7. The van der Waals surface area contributed by atoms with E-state index >= 15 is 0 Å². The summed E-state index contributed by atoms with van der Waals surface area (Å²) in [7, 11) is 0. The quantitative estimate of drug-likeness (QED) is 0.834. The van der Waals surface area contributed by atoms with Crippen molar-refractivity contribution >= 4 is 35.0 Å². The van der Waals surface area contributed by atoms with Crippen molar-refractivity contribution in [3.8, 4) is 0 Å². The maximum Gasteiger partial charge on any atom is 0.255 e. The number of piperazine rings is 1. The lowest BCUT2D eigenvalue weighted by Crippen LogP contribution is -2.51. The van der Waals surface area contributed by atoms with Gasteiger partial charge >= 0.3 is 0 Å². The number of carbonyl (C=O) groups is 2. The van der Waals surface area contributed by atoms with Crippen LogP contribution in [0.3, 0.4) is 0 Å². The molecule has 0 bridgehead atoms. The molecule has 5 nitrogen and oxygen atoms in total. The lowest BCUT2D eigenvalue weighted by Gasteiger charge is -2.34. The van der Waals surface area contributed by atoms with Gasteiger partial charge in [-0.05, 0) is 19.1 Å². The summed E-state index contributed by atoms with van der Waals surface area (Å²) in [6, 6.07) is 2.30. The summed E-state index contributed by atoms with van der Waals surface area (Å²) < 4.78 is 13.6. The van der Waals surface area contributed by atoms with Gasteiger partial charge in [-0.2, -0.15) is 0 Å². The molecule has 1 aliphatic heterocycles. The molecule has 1 heterocycles. The summed E-state index contributed by atoms with van der Waals surface area (Å²) in [6.07, 6.45) is 0. The van der Waals surface area contributed by atoms with E-state index < -0.39 is 5.82 Å². The molecule has 2 rings (SSSR count). The summed E-state index contributed by atoms with van der Waals surface area (Å²) in [6.45, 7) is 4.85. The first kappa shape index (κ1) is 18.0. The summed E-state index contributed by atoms with van der Waals surface area (Å²) in [4.78, 5) is 27.6. The molecule has 0 saturated carbocycles. The highest BCUT2D eigenvalue weighted by atomic mass is 35.5. The smallest absolute Gasteiger partial charge is 0.255 e. The summed E-state index contributed by atoms with van der Waals surface area (Å²) in [5, 5.41) is 2.76. The molecule has 8 heteroatoms. The first-order chi connectivity index (χ1) is 10.9. The Balaban J connectivity index is 1.96. The number of benzene rings is 1. The number of carbonyl (C=O) groups excluding carboxylic acids is 2. The fraction of sp³-hybridized carbons (Fsp3) is 0.467. The Labute approximate surface area is 144 Å². The number of amides is 2. The summed E-state index contributed by atoms with van der Waals surface area (Å²) in [5.74, 6) is -1.03. The molecule has 0 radical (unpaired) electrons. The number of likely N-dealkylation sites (N-methyl/N-ethyl adjacent to an activating group) is 1. The van der Waals surface area contributed by atoms with Crippen molar-refractivity contribution in [3.05, 3.63) is 33.6 Å². The van der Waals surface area contributed by atoms with Crippen LogP contribution < -0.4 is 5.32 Å². The zero-order valence-corrected chi connectivity index (χ0v) is 14.3. The van der Waals surface area contributed by atoms with Crippen molar-refractivity contribution in [2.75, 3.05) is 39.3 Å². The molecule has 1 aliphatic rings. The Morgan fingerprint density at radius 3 is 2.43 bits per heavy atom. The van der Waals surface area contributed by atoms with Gasteiger partial charge in [0.1, 0.15) is 5.82 Å². The standard InChI is InChI=1S/C15H18Cl2FN3O2/c1-2-19-14(22)9-20-3-5-21(6-4-20)15(23)10-7-13(18)12(17)8-11(10)16/h7-8H,2-6,9H2,1H3,(H,19,22). The van der Waals surface area contributed by atoms with Crippen molar-refractivity contribution < 1.29 is 14.0 Å². The highest BCUT2D eigenvalue weighted by molar-refractivity contribution is 6.36. The van der Waals surface area contributed by atoms with Crippen LogP contribution in [0.2, 0.25) is 10.0 Å². The van der Waals surface area contributed by atoms with Crippen molar-refractivity contribution in [1.82, 2.24) is 15.1 Å². The van der Waals surface area contributed by atoms with Gasteiger partial charge in [0.25, 0.3) is 5.91 Å². The van der Waals surface area contributed by atoms with Crippen LogP contribution in [0.4, 0.5) is 4.39 Å². The Morgan fingerprint density at radius 2 is 1.83 bits per heavy atom. The molecular formula is C15H18Cl2FN3O2. The van der Waals surface area contributed by atoms with E-state index in [1.807, 2.05) is 11.8 Å². The molecule has 1 fully saturated rings. The van der Waals surface area contributed by atoms with E-state index in [0.717, 1.165) is 6.07 Å². The Hall–Kier alpha value is -1.37. The average molecular weight is 362 g/mol. The van der Waals surface area contributed by atoms with E-state index in [0.29, 0.717) is 39.3 Å². The Morgan fingerprint density at radius 1 is 1.17 bits per heavy atom. The topological polar surface area (TPSA) is 52.7 Å². The molecule has 0 atom stereocenters. The third kappa shape index (κ3) is 4.56. The zero-order chi connectivity index (χ0) is 17.0. The summed E-state index contributed by atoms with van der Waals surface area (Å²) >= 11 is 11.6. The van der Waals surface area contributed by atoms with Gasteiger partial charge in [0.05, 0.1) is 22.2 Å². The van der Waals surface area contributed by atoms with Crippen LogP contribution in [-0.4, -0.2) is 60.9 Å². The monoisotopic (exact) mass is 361 g/mol. The van der Waals surface area contributed by atoms with Gasteiger partial charge in [-0.3, -0.25) is 14.5 Å². The van der Waals surface area contributed by atoms with E-state index in [1.165, 1.54) is 6.07 Å². The Bertz CT molecular complexity index is 605. The van der Waals surface area contributed by atoms with Gasteiger partial charge in [0.15, 0.2) is 0 Å². The minimum Gasteiger partial charge on any atom is -0.355 e. The predicted octanol–water partition coefficient (Wildman–Crippen LogP) is 2.03. The molecule has 1 aromatic carbocycles. The second-order valence-corrected chi connectivity index (χ2v) is 6.08. The molecule has 0 aliphatic carbocycles. The van der Waals surface area contributed by atoms with Crippen LogP contribution in [0.25, 0.3) is 0 Å². The highest BCUT2D eigenvalue weighted by Crippen LogP contribution is 2.25. The molecule has 1 saturated heterocycles. The van der Waals surface area contributed by atoms with Crippen molar-refractivity contribution in [1.29, 1.82) is 0 Å². The van der Waals surface area contributed by atoms with Crippen molar-refractivity contribution in [2.24, 2.45) is 0 Å². The minimum absolute atomic E-state index is 0.0323. The normalized spacial score (nSPS) is 15.6. The molecule has 126 valence electrons. The number of hydrogen-bond acceptors (Lipinski definition) is 3. The van der Waals surface area contributed by atoms with Gasteiger partial charge in [0, 0.05) is 32.7 Å². The van der Waals surface area contributed by atoms with Gasteiger partial charge in [0.2, 0.25) is 5.91 Å². The maximum absolute atomic E-state index is 13.6. The number of nitrogens with one attached hydrogen (secondary N) is 1. The van der Waals surface area contributed by atoms with Crippen LogP contribution in [0, 0.1) is 5.82 Å². The molecule has 0 spiro atoms. The minimum atomic E-state index is -0.672. The second-order valence-electron chi connectivity index (χ2n) is 5.27. The summed E-state index contributed by atoms with van der Waals surface area (Å²) in [5.41, 5.74) is 0.103. The van der Waals surface area contributed by atoms with E-state index in [9.17, 15) is 14.0 Å². The largest absolute Gasteiger partial charge is 0.355 e. The van der Waals surface area contributed by atoms with E-state index in [2.05, 4.69) is 5.32 Å². The fourth-order valence-corrected chi connectivity index (χ4v) is 2.89. The van der Waals surface area contributed by atoms with Crippen LogP contribution in [0.5, 0.6) is 0 Å². The van der Waals surface area contributed by atoms with E-state index in [-0.39, 0.29) is 27.4 Å². The number of rotatable bonds is 4. The number of halogens is 3. The van der Waals surface area contributed by atoms with Gasteiger partial charge in [-0.1, -0.05) is 23.2 Å². The predicted molar refractivity (Wildman–Crippen MR) is 87.4 cm³/mol. The lowest BCUT2D eigenvalue weighted by atomic mass is 10.1. The fourth-order valence-electron chi connectivity index (χ4n) is 2.42. The Kier molecular flexibility index (Phi) is 6.21. The molecule has 23 heavy (non-hydrogen) atoms. The highest BCUT2D eigenvalue weighted by Gasteiger charge is 2.25. The first-order valence-electron chi connectivity index (χ1n) is 7.35. The third-order valence-corrected chi connectivity index (χ3v) is 4.24. The van der Waals surface area contributed by atoms with E-state index in [1.54, 1.807) is 4.90 Å². The van der Waals surface area contributed by atoms with Crippen LogP contribution in [0.1, 0.15) is 17.3 Å². The SMILES string of the molecule is CCNC(=O)CN1CCN(C(=O)c2cc(F)c(Cl)cc2Cl)CC1. The van der Waals surface area contributed by atoms with Gasteiger partial charge in [-0.15, -0.1) is 0 Å². The second kappa shape index (κ2) is 7.95. The van der Waals surface area contributed by atoms with Crippen molar-refractivity contribution in [3.63, 3.8) is 0 Å². The lowest BCUT2D eigenvalue weighted by molar-refractivity contribution is -0.122. The third-order valence-electron chi connectivity index (χ3n) is 3.64. The number of nitrogens with zero attached hydrogens (tertiary/aromatic N) is 2. The van der Waals surface area contributed by atoms with E-state index in [4.69, 9.17) is 23.2 Å². The average Bonchev–Trinajstić information content (AvgIpc) is 2.51. The molecule has 0 aromatic heterocycles. The van der Waals surface area contributed by atoms with Crippen LogP contribution in [0.15, 0.2) is 12.1 Å². The van der Waals surface area contributed by atoms with Crippen LogP contribution >= 0.6 is 23.2 Å². The first-order valence-corrected chi connectivity index (χ1v) is 8.10. The molecule has 2 amide bonds. The van der Waals surface area contributed by atoms with Crippen LogP contribution in [-0.2, 0) is 4.79 Å². The van der Waals surface area contributed by atoms with Gasteiger partial charge < -0.3 is 10.2 Å². The molecular weight excluding hydrogens is 344 g/mol. The molecule has 0 unspecified atom stereocenters. The van der Waals surface area contributed by atoms with Gasteiger partial charge in [-0.25, -0.2) is 4.39 Å². The van der Waals surface area contributed by atoms with Crippen molar-refractivity contribution in [2.45, 2.75) is 6.92 Å².